The molecule has 0 radical (unpaired) electrons. The number of esters is 1. The summed E-state index contributed by atoms with van der Waals surface area (Å²) in [5.41, 5.74) is -1.57. The number of piperidine rings is 1. The first-order valence-electron chi connectivity index (χ1n) is 12.4. The molecule has 0 amide bonds. The Hall–Kier alpha value is -2.69. The van der Waals surface area contributed by atoms with Gasteiger partial charge in [-0.1, -0.05) is 45.0 Å². The first kappa shape index (κ1) is 30.8. The smallest absolute Gasteiger partial charge is 0.416 e. The second-order valence-corrected chi connectivity index (χ2v) is 11.1. The normalized spacial score (nSPS) is 21.4. The van der Waals surface area contributed by atoms with Crippen molar-refractivity contribution in [2.24, 2.45) is 5.41 Å². The van der Waals surface area contributed by atoms with Gasteiger partial charge >= 0.3 is 18.3 Å². The van der Waals surface area contributed by atoms with E-state index in [9.17, 15) is 31.1 Å². The summed E-state index contributed by atoms with van der Waals surface area (Å²) >= 11 is 0. The molecule has 1 saturated heterocycles. The van der Waals surface area contributed by atoms with Gasteiger partial charge < -0.3 is 4.74 Å². The molecule has 2 aromatic carbocycles. The Morgan fingerprint density at radius 1 is 0.923 bits per heavy atom. The minimum Gasteiger partial charge on any atom is -0.454 e. The molecule has 2 aromatic rings. The highest BCUT2D eigenvalue weighted by atomic mass is 19.4. The molecule has 0 spiro atoms. The summed E-state index contributed by atoms with van der Waals surface area (Å²) in [5.74, 6) is -4.48. The molecule has 1 fully saturated rings. The number of carbonyl (C=O) groups is 1. The zero-order valence-electron chi connectivity index (χ0n) is 22.0. The zero-order chi connectivity index (χ0) is 29.4. The van der Waals surface area contributed by atoms with E-state index in [0.29, 0.717) is 18.4 Å². The lowest BCUT2D eigenvalue weighted by molar-refractivity contribution is -0.206. The van der Waals surface area contributed by atoms with Gasteiger partial charge in [-0.15, -0.1) is 0 Å². The van der Waals surface area contributed by atoms with E-state index in [1.54, 1.807) is 4.90 Å². The number of benzene rings is 2. The molecule has 0 bridgehead atoms. The van der Waals surface area contributed by atoms with E-state index in [2.05, 4.69) is 0 Å². The van der Waals surface area contributed by atoms with Gasteiger partial charge in [0, 0.05) is 25.9 Å². The van der Waals surface area contributed by atoms with Crippen molar-refractivity contribution in [2.75, 3.05) is 6.54 Å². The van der Waals surface area contributed by atoms with E-state index < -0.39 is 60.0 Å². The Labute approximate surface area is 222 Å². The van der Waals surface area contributed by atoms with Crippen LogP contribution in [0.4, 0.5) is 35.1 Å². The molecular formula is C28H31F8NO2. The lowest BCUT2D eigenvalue weighted by Gasteiger charge is -2.48. The van der Waals surface area contributed by atoms with Gasteiger partial charge in [0.05, 0.1) is 17.2 Å². The van der Waals surface area contributed by atoms with Crippen molar-refractivity contribution >= 4 is 5.97 Å². The number of halogens is 8. The van der Waals surface area contributed by atoms with Gasteiger partial charge in [0.2, 0.25) is 0 Å². The highest BCUT2D eigenvalue weighted by molar-refractivity contribution is 5.66. The van der Waals surface area contributed by atoms with E-state index in [0.717, 1.165) is 43.3 Å². The van der Waals surface area contributed by atoms with E-state index in [1.807, 2.05) is 20.8 Å². The van der Waals surface area contributed by atoms with Crippen LogP contribution < -0.4 is 0 Å². The Morgan fingerprint density at radius 3 is 1.85 bits per heavy atom. The lowest BCUT2D eigenvalue weighted by atomic mass is 9.82. The minimum absolute atomic E-state index is 0.0706. The van der Waals surface area contributed by atoms with E-state index in [1.165, 1.54) is 12.1 Å². The molecular weight excluding hydrogens is 534 g/mol. The number of hydrogen-bond donors (Lipinski definition) is 0. The van der Waals surface area contributed by atoms with Crippen LogP contribution in [0.5, 0.6) is 0 Å². The van der Waals surface area contributed by atoms with Gasteiger partial charge in [-0.25, -0.2) is 8.78 Å². The van der Waals surface area contributed by atoms with E-state index in [-0.39, 0.29) is 17.5 Å². The number of carbonyl (C=O) groups excluding carboxylic acids is 1. The van der Waals surface area contributed by atoms with Crippen LogP contribution >= 0.6 is 0 Å². The quantitative estimate of drug-likeness (QED) is 0.260. The third-order valence-electron chi connectivity index (χ3n) is 6.83. The maximum atomic E-state index is 15.2. The van der Waals surface area contributed by atoms with Crippen LogP contribution in [0.2, 0.25) is 0 Å². The average molecular weight is 566 g/mol. The number of hydrogen-bond acceptors (Lipinski definition) is 3. The van der Waals surface area contributed by atoms with Crippen molar-refractivity contribution in [3.63, 3.8) is 0 Å². The molecule has 3 nitrogen and oxygen atoms in total. The standard InChI is InChI=1S/C28H31F8NO2/c1-17(38)39-24-23(19-7-11-21(12-8-19)28(34,35)36)37(16-15-26(24,29)30)22(13-14-25(2,3)4)18-5-9-20(10-6-18)27(31,32)33/h5-12,22-24H,13-16H2,1-4H3. The maximum absolute atomic E-state index is 15.2. The molecule has 11 heteroatoms. The average Bonchev–Trinajstić information content (AvgIpc) is 2.79. The lowest BCUT2D eigenvalue weighted by Crippen LogP contribution is -2.55. The van der Waals surface area contributed by atoms with Gasteiger partial charge in [0.25, 0.3) is 5.92 Å². The third-order valence-corrected chi connectivity index (χ3v) is 6.83. The highest BCUT2D eigenvalue weighted by Gasteiger charge is 2.54. The van der Waals surface area contributed by atoms with Crippen molar-refractivity contribution in [1.29, 1.82) is 0 Å². The van der Waals surface area contributed by atoms with Crippen LogP contribution in [0.15, 0.2) is 48.5 Å². The van der Waals surface area contributed by atoms with Crippen molar-refractivity contribution in [2.45, 2.75) is 83.4 Å². The maximum Gasteiger partial charge on any atom is 0.416 e. The van der Waals surface area contributed by atoms with Crippen LogP contribution in [-0.4, -0.2) is 29.4 Å². The van der Waals surface area contributed by atoms with Crippen LogP contribution in [0.25, 0.3) is 0 Å². The van der Waals surface area contributed by atoms with Gasteiger partial charge in [0.1, 0.15) is 0 Å². The predicted octanol–water partition coefficient (Wildman–Crippen LogP) is 8.61. The predicted molar refractivity (Wildman–Crippen MR) is 129 cm³/mol. The summed E-state index contributed by atoms with van der Waals surface area (Å²) < 4.78 is 115. The summed E-state index contributed by atoms with van der Waals surface area (Å²) in [7, 11) is 0. The van der Waals surface area contributed by atoms with Crippen LogP contribution in [0.1, 0.15) is 81.3 Å². The molecule has 1 heterocycles. The number of nitrogens with zero attached hydrogens (tertiary/aromatic N) is 1. The third kappa shape index (κ3) is 7.70. The fourth-order valence-corrected chi connectivity index (χ4v) is 4.87. The molecule has 0 aliphatic carbocycles. The van der Waals surface area contributed by atoms with E-state index in [4.69, 9.17) is 4.74 Å². The van der Waals surface area contributed by atoms with Gasteiger partial charge in [-0.2, -0.15) is 26.3 Å². The topological polar surface area (TPSA) is 29.5 Å². The Balaban J connectivity index is 2.15. The number of rotatable bonds is 6. The van der Waals surface area contributed by atoms with Crippen molar-refractivity contribution in [3.8, 4) is 0 Å². The first-order chi connectivity index (χ1) is 17.8. The summed E-state index contributed by atoms with van der Waals surface area (Å²) in [5, 5.41) is 0. The fraction of sp³-hybridized carbons (Fsp3) is 0.536. The fourth-order valence-electron chi connectivity index (χ4n) is 4.87. The van der Waals surface area contributed by atoms with Gasteiger partial charge in [-0.05, 0) is 53.6 Å². The molecule has 1 aliphatic heterocycles. The molecule has 3 atom stereocenters. The Kier molecular flexibility index (Phi) is 8.75. The highest BCUT2D eigenvalue weighted by Crippen LogP contribution is 2.48. The molecule has 0 aromatic heterocycles. The second-order valence-electron chi connectivity index (χ2n) is 11.1. The first-order valence-corrected chi connectivity index (χ1v) is 12.4. The SMILES string of the molecule is CC(=O)OC1C(c2ccc(C(F)(F)F)cc2)N(C(CCC(C)(C)C)c2ccc(C(F)(F)F)cc2)CCC1(F)F. The monoisotopic (exact) mass is 565 g/mol. The second kappa shape index (κ2) is 11.1. The molecule has 1 aliphatic rings. The number of alkyl halides is 8. The van der Waals surface area contributed by atoms with Crippen molar-refractivity contribution in [1.82, 2.24) is 4.90 Å². The van der Waals surface area contributed by atoms with Gasteiger partial charge in [-0.3, -0.25) is 9.69 Å². The minimum atomic E-state index is -4.65. The summed E-state index contributed by atoms with van der Waals surface area (Å²) in [4.78, 5) is 13.5. The summed E-state index contributed by atoms with van der Waals surface area (Å²) in [6, 6.07) is 6.04. The number of likely N-dealkylation sites (tertiary alicyclic amines) is 1. The Bertz CT molecular complexity index is 1120. The Morgan fingerprint density at radius 2 is 1.41 bits per heavy atom. The number of ether oxygens (including phenoxy) is 1. The zero-order valence-corrected chi connectivity index (χ0v) is 22.0. The van der Waals surface area contributed by atoms with Crippen molar-refractivity contribution in [3.05, 3.63) is 70.8 Å². The molecule has 39 heavy (non-hydrogen) atoms. The van der Waals surface area contributed by atoms with Crippen molar-refractivity contribution < 1.29 is 44.7 Å². The molecule has 3 unspecified atom stereocenters. The van der Waals surface area contributed by atoms with Crippen LogP contribution in [0, 0.1) is 5.41 Å². The van der Waals surface area contributed by atoms with E-state index >= 15 is 8.78 Å². The van der Waals surface area contributed by atoms with Crippen LogP contribution in [-0.2, 0) is 21.9 Å². The largest absolute Gasteiger partial charge is 0.454 e. The molecule has 3 rings (SSSR count). The van der Waals surface area contributed by atoms with Crippen LogP contribution in [0.3, 0.4) is 0 Å². The summed E-state index contributed by atoms with van der Waals surface area (Å²) in [6.45, 7) is 6.60. The molecule has 0 saturated carbocycles. The van der Waals surface area contributed by atoms with Gasteiger partial charge in [0.15, 0.2) is 6.10 Å². The molecule has 0 N–H and O–H groups in total. The molecule has 216 valence electrons. The summed E-state index contributed by atoms with van der Waals surface area (Å²) in [6.07, 6.45) is -11.1.